The Hall–Kier alpha value is -1.64. The van der Waals surface area contributed by atoms with Crippen LogP contribution in [0.15, 0.2) is 22.7 Å². The molecule has 162 valence electrons. The van der Waals surface area contributed by atoms with Gasteiger partial charge in [0, 0.05) is 27.8 Å². The monoisotopic (exact) mass is 493 g/mol. The summed E-state index contributed by atoms with van der Waals surface area (Å²) < 4.78 is 21.1. The molecule has 1 atom stereocenters. The van der Waals surface area contributed by atoms with Crippen molar-refractivity contribution >= 4 is 39.3 Å². The lowest BCUT2D eigenvalue weighted by Crippen LogP contribution is -2.30. The van der Waals surface area contributed by atoms with Crippen LogP contribution in [-0.4, -0.2) is 50.2 Å². The van der Waals surface area contributed by atoms with Gasteiger partial charge in [0.2, 0.25) is 17.2 Å². The Morgan fingerprint density at radius 1 is 1.27 bits per heavy atom. The minimum Gasteiger partial charge on any atom is -0.558 e. The van der Waals surface area contributed by atoms with Crippen LogP contribution in [0.1, 0.15) is 56.3 Å². The van der Waals surface area contributed by atoms with Crippen LogP contribution in [0, 0.1) is 6.92 Å². The third-order valence-corrected chi connectivity index (χ3v) is 6.97. The molecule has 6 nitrogen and oxygen atoms in total. The first-order chi connectivity index (χ1) is 14.2. The number of benzene rings is 1. The third-order valence-electron chi connectivity index (χ3n) is 5.00. The van der Waals surface area contributed by atoms with E-state index >= 15 is 0 Å². The number of rotatable bonds is 5. The van der Waals surface area contributed by atoms with Crippen LogP contribution in [0.4, 0.5) is 5.82 Å². The van der Waals surface area contributed by atoms with E-state index in [9.17, 15) is 4.55 Å². The highest BCUT2D eigenvalue weighted by molar-refractivity contribution is 9.10. The van der Waals surface area contributed by atoms with E-state index in [0.717, 1.165) is 39.4 Å². The van der Waals surface area contributed by atoms with E-state index in [4.69, 9.17) is 14.7 Å². The Morgan fingerprint density at radius 2 is 2.00 bits per heavy atom. The zero-order valence-corrected chi connectivity index (χ0v) is 20.9. The number of fused-ring (bicyclic) bond motifs is 1. The topological polar surface area (TPSA) is 64.3 Å². The van der Waals surface area contributed by atoms with Crippen LogP contribution in [0.3, 0.4) is 0 Å². The number of aryl methyl sites for hydroxylation is 1. The summed E-state index contributed by atoms with van der Waals surface area (Å²) in [7, 11) is 1.80. The molecule has 1 aromatic heterocycles. The highest BCUT2D eigenvalue weighted by Crippen LogP contribution is 2.33. The van der Waals surface area contributed by atoms with Gasteiger partial charge in [0.1, 0.15) is 18.2 Å². The van der Waals surface area contributed by atoms with Crippen LogP contribution in [0.2, 0.25) is 0 Å². The number of ether oxygens (including phenoxy) is 1. The maximum atomic E-state index is 12.4. The van der Waals surface area contributed by atoms with Gasteiger partial charge < -0.3 is 14.2 Å². The van der Waals surface area contributed by atoms with Gasteiger partial charge in [-0.25, -0.2) is 9.97 Å². The molecule has 1 aliphatic heterocycles. The number of halogens is 1. The number of anilines is 1. The fourth-order valence-corrected chi connectivity index (χ4v) is 4.92. The van der Waals surface area contributed by atoms with E-state index in [-0.39, 0.29) is 11.2 Å². The minimum atomic E-state index is -1.13. The third kappa shape index (κ3) is 5.15. The summed E-state index contributed by atoms with van der Waals surface area (Å²) in [4.78, 5) is 11.9. The number of nitrogens with zero attached hydrogens (tertiary/aromatic N) is 4. The summed E-state index contributed by atoms with van der Waals surface area (Å²) in [5, 5.41) is 0.0273. The normalized spacial score (nSPS) is 15.8. The molecule has 30 heavy (non-hydrogen) atoms. The van der Waals surface area contributed by atoms with Gasteiger partial charge >= 0.3 is 0 Å². The van der Waals surface area contributed by atoms with Crippen LogP contribution >= 0.6 is 15.9 Å². The van der Waals surface area contributed by atoms with Crippen molar-refractivity contribution in [1.29, 1.82) is 0 Å². The molecule has 2 heterocycles. The Morgan fingerprint density at radius 3 is 2.67 bits per heavy atom. The van der Waals surface area contributed by atoms with Crippen molar-refractivity contribution in [3.63, 3.8) is 0 Å². The van der Waals surface area contributed by atoms with E-state index < -0.39 is 11.4 Å². The van der Waals surface area contributed by atoms with Gasteiger partial charge in [-0.05, 0) is 48.9 Å². The molecule has 3 rings (SSSR count). The van der Waals surface area contributed by atoms with E-state index in [2.05, 4.69) is 40.7 Å². The molecule has 0 saturated heterocycles. The summed E-state index contributed by atoms with van der Waals surface area (Å²) >= 11 is 2.44. The highest BCUT2D eigenvalue weighted by atomic mass is 79.9. The standard InChI is InChI=1S/C22H30BrN4O2S/c1-14(2)21-16(5)24-20(13-26(6)30(28)15(3)4)25-22(21)27-9-10-29-19-8-7-18(23)11-17(19)12-27/h7-8,11,13-15H,9-10,12H2,1-6H3/q+1/b26-13+. The molecule has 1 unspecified atom stereocenters. The quantitative estimate of drug-likeness (QED) is 0.354. The zero-order valence-electron chi connectivity index (χ0n) is 18.5. The van der Waals surface area contributed by atoms with Crippen molar-refractivity contribution in [3.8, 4) is 5.75 Å². The van der Waals surface area contributed by atoms with E-state index in [0.29, 0.717) is 19.0 Å². The van der Waals surface area contributed by atoms with Crippen molar-refractivity contribution in [3.05, 3.63) is 45.3 Å². The fraction of sp³-hybridized carbons (Fsp3) is 0.500. The van der Waals surface area contributed by atoms with Crippen molar-refractivity contribution in [2.24, 2.45) is 0 Å². The van der Waals surface area contributed by atoms with Crippen molar-refractivity contribution in [1.82, 2.24) is 9.97 Å². The van der Waals surface area contributed by atoms with Gasteiger partial charge in [0.25, 0.3) is 6.21 Å². The molecule has 1 aliphatic rings. The summed E-state index contributed by atoms with van der Waals surface area (Å²) in [6, 6.07) is 6.11. The number of hydrogen-bond donors (Lipinski definition) is 0. The fourth-order valence-electron chi connectivity index (χ4n) is 3.65. The largest absolute Gasteiger partial charge is 0.558 e. The van der Waals surface area contributed by atoms with Crippen LogP contribution in [-0.2, 0) is 17.9 Å². The van der Waals surface area contributed by atoms with Gasteiger partial charge in [-0.1, -0.05) is 29.8 Å². The van der Waals surface area contributed by atoms with Gasteiger partial charge in [0.15, 0.2) is 12.3 Å². The molecular weight excluding hydrogens is 464 g/mol. The molecular formula is C22H30BrN4O2S+. The molecule has 0 N–H and O–H groups in total. The lowest BCUT2D eigenvalue weighted by Gasteiger charge is -2.26. The van der Waals surface area contributed by atoms with Gasteiger partial charge in [-0.3, -0.25) is 0 Å². The summed E-state index contributed by atoms with van der Waals surface area (Å²) in [6.07, 6.45) is 1.77. The summed E-state index contributed by atoms with van der Waals surface area (Å²) in [5.74, 6) is 2.69. The summed E-state index contributed by atoms with van der Waals surface area (Å²) in [5.41, 5.74) is 3.21. The lowest BCUT2D eigenvalue weighted by atomic mass is 10.0. The number of hydrogen-bond acceptors (Lipinski definition) is 5. The molecule has 0 radical (unpaired) electrons. The predicted octanol–water partition coefficient (Wildman–Crippen LogP) is 4.20. The Labute approximate surface area is 190 Å². The smallest absolute Gasteiger partial charge is 0.261 e. The molecule has 0 bridgehead atoms. The average Bonchev–Trinajstić information content (AvgIpc) is 2.88. The average molecular weight is 494 g/mol. The Kier molecular flexibility index (Phi) is 7.42. The number of aromatic nitrogens is 2. The van der Waals surface area contributed by atoms with Crippen molar-refractivity contribution < 1.29 is 13.3 Å². The second-order valence-corrected chi connectivity index (χ2v) is 11.1. The first-order valence-electron chi connectivity index (χ1n) is 10.2. The first-order valence-corrected chi connectivity index (χ1v) is 12.2. The highest BCUT2D eigenvalue weighted by Gasteiger charge is 2.26. The zero-order chi connectivity index (χ0) is 22.0. The molecule has 0 saturated carbocycles. The van der Waals surface area contributed by atoms with Crippen LogP contribution in [0.5, 0.6) is 5.75 Å². The molecule has 2 aromatic rings. The van der Waals surface area contributed by atoms with Crippen molar-refractivity contribution in [2.75, 3.05) is 25.1 Å². The Bertz CT molecular complexity index is 949. The summed E-state index contributed by atoms with van der Waals surface area (Å²) in [6.45, 7) is 12.3. The molecule has 0 aliphatic carbocycles. The molecule has 0 fully saturated rings. The second-order valence-electron chi connectivity index (χ2n) is 8.08. The predicted molar refractivity (Wildman–Crippen MR) is 126 cm³/mol. The van der Waals surface area contributed by atoms with E-state index in [1.807, 2.05) is 32.9 Å². The molecule has 0 amide bonds. The van der Waals surface area contributed by atoms with E-state index in [1.165, 1.54) is 0 Å². The second kappa shape index (κ2) is 9.66. The van der Waals surface area contributed by atoms with Gasteiger partial charge in [-0.2, -0.15) is 0 Å². The van der Waals surface area contributed by atoms with E-state index in [1.54, 1.807) is 17.2 Å². The molecule has 8 heteroatoms. The van der Waals surface area contributed by atoms with Crippen LogP contribution in [0.25, 0.3) is 0 Å². The SMILES string of the molecule is Cc1nc(/C=[N+](\C)[S+]([O-])C(C)C)nc(N2CCOc3ccc(Br)cc3C2)c1C(C)C. The Balaban J connectivity index is 2.06. The molecule has 1 aromatic carbocycles. The minimum absolute atomic E-state index is 0.0273. The maximum Gasteiger partial charge on any atom is 0.261 e. The lowest BCUT2D eigenvalue weighted by molar-refractivity contribution is -0.321. The van der Waals surface area contributed by atoms with Crippen LogP contribution < -0.4 is 9.64 Å². The van der Waals surface area contributed by atoms with Gasteiger partial charge in [-0.15, -0.1) is 0 Å². The van der Waals surface area contributed by atoms with Crippen molar-refractivity contribution in [2.45, 2.75) is 52.3 Å². The van der Waals surface area contributed by atoms with Gasteiger partial charge in [0.05, 0.1) is 6.54 Å². The molecule has 0 spiro atoms. The maximum absolute atomic E-state index is 12.4. The first kappa shape index (κ1) is 23.0.